The Balaban J connectivity index is 1.99. The van der Waals surface area contributed by atoms with Gasteiger partial charge in [0.2, 0.25) is 5.91 Å². The second-order valence-electron chi connectivity index (χ2n) is 6.70. The lowest BCUT2D eigenvalue weighted by atomic mass is 9.97. The van der Waals surface area contributed by atoms with Crippen LogP contribution in [0, 0.1) is 5.41 Å². The van der Waals surface area contributed by atoms with E-state index in [-0.39, 0.29) is 17.5 Å². The summed E-state index contributed by atoms with van der Waals surface area (Å²) in [7, 11) is 0. The normalized spacial score (nSPS) is 12.2. The van der Waals surface area contributed by atoms with E-state index in [1.807, 2.05) is 0 Å². The number of amides is 1. The van der Waals surface area contributed by atoms with Gasteiger partial charge in [0.1, 0.15) is 5.69 Å². The number of halogens is 3. The van der Waals surface area contributed by atoms with Crippen molar-refractivity contribution in [2.45, 2.75) is 39.9 Å². The van der Waals surface area contributed by atoms with Gasteiger partial charge in [0.25, 0.3) is 0 Å². The Morgan fingerprint density at radius 2 is 1.92 bits per heavy atom. The molecule has 0 saturated carbocycles. The highest BCUT2D eigenvalue weighted by atomic mass is 19.4. The van der Waals surface area contributed by atoms with E-state index in [0.29, 0.717) is 12.4 Å². The highest BCUT2D eigenvalue weighted by Gasteiger charge is 2.32. The number of nitrogens with zero attached hydrogens (tertiary/aromatic N) is 3. The average Bonchev–Trinajstić information content (AvgIpc) is 2.82. The van der Waals surface area contributed by atoms with E-state index in [9.17, 15) is 18.0 Å². The van der Waals surface area contributed by atoms with Crippen molar-refractivity contribution in [3.8, 4) is 0 Å². The third-order valence-corrected chi connectivity index (χ3v) is 2.98. The summed E-state index contributed by atoms with van der Waals surface area (Å²) in [5, 5.41) is 6.78. The first kappa shape index (κ1) is 18.0. The van der Waals surface area contributed by atoms with E-state index in [2.05, 4.69) is 36.2 Å². The molecule has 2 aromatic heterocycles. The van der Waals surface area contributed by atoms with Crippen molar-refractivity contribution in [3.63, 3.8) is 0 Å². The Labute approximate surface area is 137 Å². The van der Waals surface area contributed by atoms with Crippen molar-refractivity contribution >= 4 is 11.7 Å². The third-order valence-electron chi connectivity index (χ3n) is 2.98. The summed E-state index contributed by atoms with van der Waals surface area (Å²) >= 11 is 0. The SMILES string of the molecule is CC(C)(C)Cn1ccc(NC(=O)Cc2cccc(C(F)(F)F)n2)n1. The van der Waals surface area contributed by atoms with Crippen LogP contribution in [0.5, 0.6) is 0 Å². The van der Waals surface area contributed by atoms with Crippen molar-refractivity contribution in [1.29, 1.82) is 0 Å². The molecule has 0 saturated heterocycles. The highest BCUT2D eigenvalue weighted by Crippen LogP contribution is 2.27. The van der Waals surface area contributed by atoms with Crippen LogP contribution in [0.1, 0.15) is 32.2 Å². The van der Waals surface area contributed by atoms with Crippen LogP contribution in [0.15, 0.2) is 30.5 Å². The Bertz CT molecular complexity index is 717. The fourth-order valence-electron chi connectivity index (χ4n) is 2.09. The second kappa shape index (κ2) is 6.62. The standard InChI is InChI=1S/C16H19F3N4O/c1-15(2,3)10-23-8-7-13(22-23)21-14(24)9-11-5-4-6-12(20-11)16(17,18)19/h4-8H,9-10H2,1-3H3,(H,21,22,24). The number of pyridine rings is 1. The molecule has 0 atom stereocenters. The molecule has 1 amide bonds. The minimum Gasteiger partial charge on any atom is -0.309 e. The average molecular weight is 340 g/mol. The maximum absolute atomic E-state index is 12.6. The molecular formula is C16H19F3N4O. The number of alkyl halides is 3. The van der Waals surface area contributed by atoms with Crippen LogP contribution in [-0.4, -0.2) is 20.7 Å². The molecule has 5 nitrogen and oxygen atoms in total. The molecule has 0 aliphatic carbocycles. The van der Waals surface area contributed by atoms with E-state index in [1.165, 1.54) is 12.1 Å². The van der Waals surface area contributed by atoms with E-state index < -0.39 is 17.8 Å². The summed E-state index contributed by atoms with van der Waals surface area (Å²) in [5.74, 6) is -0.112. The zero-order valence-corrected chi connectivity index (χ0v) is 13.7. The van der Waals surface area contributed by atoms with Crippen molar-refractivity contribution < 1.29 is 18.0 Å². The number of anilines is 1. The van der Waals surface area contributed by atoms with Gasteiger partial charge < -0.3 is 5.32 Å². The summed E-state index contributed by atoms with van der Waals surface area (Å²) in [6.45, 7) is 6.86. The van der Waals surface area contributed by atoms with Crippen LogP contribution in [0.2, 0.25) is 0 Å². The number of hydrogen-bond acceptors (Lipinski definition) is 3. The number of rotatable bonds is 4. The van der Waals surface area contributed by atoms with E-state index >= 15 is 0 Å². The number of hydrogen-bond donors (Lipinski definition) is 1. The minimum absolute atomic E-state index is 0.0370. The van der Waals surface area contributed by atoms with Crippen molar-refractivity contribution in [3.05, 3.63) is 41.9 Å². The molecule has 0 radical (unpaired) electrons. The Kier molecular flexibility index (Phi) is 4.96. The zero-order chi connectivity index (χ0) is 18.0. The lowest BCUT2D eigenvalue weighted by Gasteiger charge is -2.17. The summed E-state index contributed by atoms with van der Waals surface area (Å²) in [6.07, 6.45) is -3.04. The van der Waals surface area contributed by atoms with Gasteiger partial charge in [-0.05, 0) is 17.5 Å². The molecule has 2 heterocycles. The lowest BCUT2D eigenvalue weighted by Crippen LogP contribution is -2.18. The Hall–Kier alpha value is -2.38. The first-order chi connectivity index (χ1) is 11.0. The summed E-state index contributed by atoms with van der Waals surface area (Å²) in [5.41, 5.74) is -0.923. The van der Waals surface area contributed by atoms with E-state index in [4.69, 9.17) is 0 Å². The lowest BCUT2D eigenvalue weighted by molar-refractivity contribution is -0.141. The molecule has 0 aliphatic heterocycles. The van der Waals surface area contributed by atoms with Gasteiger partial charge in [-0.25, -0.2) is 4.98 Å². The van der Waals surface area contributed by atoms with Gasteiger partial charge in [-0.1, -0.05) is 26.8 Å². The van der Waals surface area contributed by atoms with Crippen LogP contribution < -0.4 is 5.32 Å². The second-order valence-corrected chi connectivity index (χ2v) is 6.70. The zero-order valence-electron chi connectivity index (χ0n) is 13.7. The molecule has 0 spiro atoms. The fraction of sp³-hybridized carbons (Fsp3) is 0.438. The molecule has 130 valence electrons. The van der Waals surface area contributed by atoms with Crippen molar-refractivity contribution in [1.82, 2.24) is 14.8 Å². The topological polar surface area (TPSA) is 59.8 Å². The predicted octanol–water partition coefficient (Wildman–Crippen LogP) is 3.52. The summed E-state index contributed by atoms with van der Waals surface area (Å²) < 4.78 is 39.5. The molecule has 0 unspecified atom stereocenters. The first-order valence-corrected chi connectivity index (χ1v) is 7.39. The van der Waals surface area contributed by atoms with Gasteiger partial charge in [0.05, 0.1) is 12.1 Å². The molecule has 2 rings (SSSR count). The quantitative estimate of drug-likeness (QED) is 0.926. The fourth-order valence-corrected chi connectivity index (χ4v) is 2.09. The number of aromatic nitrogens is 3. The van der Waals surface area contributed by atoms with Crippen LogP contribution in [0.3, 0.4) is 0 Å². The van der Waals surface area contributed by atoms with Gasteiger partial charge >= 0.3 is 6.18 Å². The van der Waals surface area contributed by atoms with Gasteiger partial charge in [-0.2, -0.15) is 18.3 Å². The highest BCUT2D eigenvalue weighted by molar-refractivity contribution is 5.91. The number of nitrogens with one attached hydrogen (secondary N) is 1. The van der Waals surface area contributed by atoms with E-state index in [0.717, 1.165) is 6.07 Å². The van der Waals surface area contributed by atoms with Crippen LogP contribution in [0.4, 0.5) is 19.0 Å². The first-order valence-electron chi connectivity index (χ1n) is 7.39. The van der Waals surface area contributed by atoms with Crippen LogP contribution in [-0.2, 0) is 23.9 Å². The molecule has 24 heavy (non-hydrogen) atoms. The van der Waals surface area contributed by atoms with E-state index in [1.54, 1.807) is 16.9 Å². The largest absolute Gasteiger partial charge is 0.433 e. The summed E-state index contributed by atoms with van der Waals surface area (Å²) in [6, 6.07) is 5.13. The van der Waals surface area contributed by atoms with Gasteiger partial charge in [-0.15, -0.1) is 0 Å². The molecule has 2 aromatic rings. The van der Waals surface area contributed by atoms with Gasteiger partial charge in [0.15, 0.2) is 5.82 Å². The maximum Gasteiger partial charge on any atom is 0.433 e. The van der Waals surface area contributed by atoms with Gasteiger partial charge in [-0.3, -0.25) is 9.48 Å². The third kappa shape index (κ3) is 5.36. The van der Waals surface area contributed by atoms with Crippen molar-refractivity contribution in [2.75, 3.05) is 5.32 Å². The van der Waals surface area contributed by atoms with Gasteiger partial charge in [0, 0.05) is 18.8 Å². The molecular weight excluding hydrogens is 321 g/mol. The molecule has 1 N–H and O–H groups in total. The minimum atomic E-state index is -4.53. The number of carbonyl (C=O) groups excluding carboxylic acids is 1. The summed E-state index contributed by atoms with van der Waals surface area (Å²) in [4.78, 5) is 15.4. The molecule has 0 fully saturated rings. The number of carbonyl (C=O) groups is 1. The molecule has 8 heteroatoms. The molecule has 0 bridgehead atoms. The monoisotopic (exact) mass is 340 g/mol. The maximum atomic E-state index is 12.6. The van der Waals surface area contributed by atoms with Crippen LogP contribution >= 0.6 is 0 Å². The predicted molar refractivity (Wildman–Crippen MR) is 83.3 cm³/mol. The molecule has 0 aliphatic rings. The van der Waals surface area contributed by atoms with Crippen molar-refractivity contribution in [2.24, 2.45) is 5.41 Å². The Morgan fingerprint density at radius 1 is 1.21 bits per heavy atom. The molecule has 0 aromatic carbocycles. The van der Waals surface area contributed by atoms with Crippen LogP contribution in [0.25, 0.3) is 0 Å². The smallest absolute Gasteiger partial charge is 0.309 e. The Morgan fingerprint density at radius 3 is 2.54 bits per heavy atom.